The summed E-state index contributed by atoms with van der Waals surface area (Å²) in [6.07, 6.45) is 1.01. The molecule has 0 heterocycles. The van der Waals surface area contributed by atoms with Crippen LogP contribution < -0.4 is 14.8 Å². The van der Waals surface area contributed by atoms with Gasteiger partial charge in [-0.3, -0.25) is 0 Å². The summed E-state index contributed by atoms with van der Waals surface area (Å²) in [5, 5.41) is 3.37. The molecule has 1 aromatic rings. The second kappa shape index (κ2) is 10.9. The Morgan fingerprint density at radius 2 is 1.95 bits per heavy atom. The van der Waals surface area contributed by atoms with E-state index in [-0.39, 0.29) is 12.4 Å². The predicted molar refractivity (Wildman–Crippen MR) is 79.6 cm³/mol. The summed E-state index contributed by atoms with van der Waals surface area (Å²) in [5.41, 5.74) is 1.10. The van der Waals surface area contributed by atoms with Crippen LogP contribution in [0.3, 0.4) is 0 Å². The SMILES string of the molecule is CCOCCCNCc1cccc(OC)c1OC.Cl. The lowest BCUT2D eigenvalue weighted by molar-refractivity contribution is 0.144. The first-order valence-corrected chi connectivity index (χ1v) is 6.31. The first kappa shape index (κ1) is 18.0. The van der Waals surface area contributed by atoms with Gasteiger partial charge in [0.25, 0.3) is 0 Å². The third-order valence-corrected chi connectivity index (χ3v) is 2.65. The molecule has 0 atom stereocenters. The van der Waals surface area contributed by atoms with Crippen LogP contribution >= 0.6 is 12.4 Å². The maximum Gasteiger partial charge on any atom is 0.165 e. The molecule has 0 saturated heterocycles. The largest absolute Gasteiger partial charge is 0.493 e. The molecule has 4 nitrogen and oxygen atoms in total. The Balaban J connectivity index is 0.00000324. The smallest absolute Gasteiger partial charge is 0.165 e. The van der Waals surface area contributed by atoms with Crippen LogP contribution in [0.1, 0.15) is 18.9 Å². The van der Waals surface area contributed by atoms with E-state index in [2.05, 4.69) is 5.32 Å². The third-order valence-electron chi connectivity index (χ3n) is 2.65. The van der Waals surface area contributed by atoms with Crippen LogP contribution in [0.15, 0.2) is 18.2 Å². The number of ether oxygens (including phenoxy) is 3. The van der Waals surface area contributed by atoms with Crippen molar-refractivity contribution in [2.45, 2.75) is 19.9 Å². The van der Waals surface area contributed by atoms with Crippen LogP contribution in [0, 0.1) is 0 Å². The highest BCUT2D eigenvalue weighted by molar-refractivity contribution is 5.85. The molecule has 0 fully saturated rings. The maximum absolute atomic E-state index is 5.37. The minimum atomic E-state index is 0. The molecule has 0 bridgehead atoms. The number of rotatable bonds is 9. The summed E-state index contributed by atoms with van der Waals surface area (Å²) in [5.74, 6) is 1.57. The molecule has 0 aliphatic rings. The van der Waals surface area contributed by atoms with Crippen LogP contribution in [0.25, 0.3) is 0 Å². The number of hydrogen-bond acceptors (Lipinski definition) is 4. The van der Waals surface area contributed by atoms with Gasteiger partial charge >= 0.3 is 0 Å². The van der Waals surface area contributed by atoms with E-state index in [1.54, 1.807) is 14.2 Å². The summed E-state index contributed by atoms with van der Waals surface area (Å²) in [7, 11) is 3.31. The lowest BCUT2D eigenvalue weighted by atomic mass is 10.2. The molecular formula is C14H24ClNO3. The van der Waals surface area contributed by atoms with E-state index in [4.69, 9.17) is 14.2 Å². The molecular weight excluding hydrogens is 266 g/mol. The Morgan fingerprint density at radius 3 is 2.58 bits per heavy atom. The summed E-state index contributed by atoms with van der Waals surface area (Å²) in [4.78, 5) is 0. The van der Waals surface area contributed by atoms with Gasteiger partial charge in [0.15, 0.2) is 11.5 Å². The second-order valence-electron chi connectivity index (χ2n) is 3.88. The van der Waals surface area contributed by atoms with Crippen molar-refractivity contribution in [3.05, 3.63) is 23.8 Å². The molecule has 0 aromatic heterocycles. The van der Waals surface area contributed by atoms with Gasteiger partial charge in [0.05, 0.1) is 14.2 Å². The van der Waals surface area contributed by atoms with Gasteiger partial charge in [-0.1, -0.05) is 12.1 Å². The Bertz CT molecular complexity index is 347. The van der Waals surface area contributed by atoms with Crippen LogP contribution in [-0.2, 0) is 11.3 Å². The molecule has 110 valence electrons. The van der Waals surface area contributed by atoms with Crippen molar-refractivity contribution >= 4 is 12.4 Å². The molecule has 0 aliphatic heterocycles. The standard InChI is InChI=1S/C14H23NO3.ClH/c1-4-18-10-6-9-15-11-12-7-5-8-13(16-2)14(12)17-3;/h5,7-8,15H,4,6,9-11H2,1-3H3;1H. The monoisotopic (exact) mass is 289 g/mol. The van der Waals surface area contributed by atoms with Crippen molar-refractivity contribution in [1.82, 2.24) is 5.32 Å². The van der Waals surface area contributed by atoms with Crippen LogP contribution in [0.4, 0.5) is 0 Å². The number of halogens is 1. The number of hydrogen-bond donors (Lipinski definition) is 1. The third kappa shape index (κ3) is 6.14. The fraction of sp³-hybridized carbons (Fsp3) is 0.571. The lowest BCUT2D eigenvalue weighted by Gasteiger charge is -2.13. The second-order valence-corrected chi connectivity index (χ2v) is 3.88. The molecule has 0 radical (unpaired) electrons. The van der Waals surface area contributed by atoms with Gasteiger partial charge in [-0.15, -0.1) is 12.4 Å². The molecule has 0 unspecified atom stereocenters. The molecule has 0 spiro atoms. The summed E-state index contributed by atoms with van der Waals surface area (Å²) in [6.45, 7) is 5.30. The van der Waals surface area contributed by atoms with Crippen LogP contribution in [0.2, 0.25) is 0 Å². The van der Waals surface area contributed by atoms with E-state index < -0.39 is 0 Å². The van der Waals surface area contributed by atoms with Crippen molar-refractivity contribution in [3.63, 3.8) is 0 Å². The van der Waals surface area contributed by atoms with E-state index in [1.165, 1.54) is 0 Å². The number of benzene rings is 1. The summed E-state index contributed by atoms with van der Waals surface area (Å²) < 4.78 is 15.9. The highest BCUT2D eigenvalue weighted by Gasteiger charge is 2.08. The van der Waals surface area contributed by atoms with Crippen molar-refractivity contribution in [2.75, 3.05) is 34.0 Å². The van der Waals surface area contributed by atoms with Gasteiger partial charge < -0.3 is 19.5 Å². The molecule has 0 saturated carbocycles. The average Bonchev–Trinajstić information content (AvgIpc) is 2.42. The van der Waals surface area contributed by atoms with Gasteiger partial charge in [0, 0.05) is 25.3 Å². The normalized spacial score (nSPS) is 9.84. The number of nitrogens with one attached hydrogen (secondary N) is 1. The van der Waals surface area contributed by atoms with Crippen LogP contribution in [0.5, 0.6) is 11.5 Å². The first-order chi connectivity index (χ1) is 8.83. The molecule has 0 amide bonds. The van der Waals surface area contributed by atoms with E-state index >= 15 is 0 Å². The highest BCUT2D eigenvalue weighted by Crippen LogP contribution is 2.30. The van der Waals surface area contributed by atoms with E-state index in [0.717, 1.165) is 49.8 Å². The molecule has 5 heteroatoms. The Morgan fingerprint density at radius 1 is 1.16 bits per heavy atom. The van der Waals surface area contributed by atoms with Crippen LogP contribution in [-0.4, -0.2) is 34.0 Å². The van der Waals surface area contributed by atoms with Gasteiger partial charge in [-0.25, -0.2) is 0 Å². The van der Waals surface area contributed by atoms with Gasteiger partial charge in [-0.05, 0) is 26.0 Å². The Hall–Kier alpha value is -0.970. The fourth-order valence-electron chi connectivity index (χ4n) is 1.76. The maximum atomic E-state index is 5.37. The zero-order chi connectivity index (χ0) is 13.2. The topological polar surface area (TPSA) is 39.7 Å². The molecule has 0 aliphatic carbocycles. The summed E-state index contributed by atoms with van der Waals surface area (Å²) >= 11 is 0. The lowest BCUT2D eigenvalue weighted by Crippen LogP contribution is -2.17. The number of para-hydroxylation sites is 1. The highest BCUT2D eigenvalue weighted by atomic mass is 35.5. The zero-order valence-electron chi connectivity index (χ0n) is 11.9. The molecule has 1 rings (SSSR count). The van der Waals surface area contributed by atoms with Gasteiger partial charge in [0.1, 0.15) is 0 Å². The molecule has 1 aromatic carbocycles. The predicted octanol–water partition coefficient (Wildman–Crippen LogP) is 2.64. The quantitative estimate of drug-likeness (QED) is 0.710. The van der Waals surface area contributed by atoms with Crippen molar-refractivity contribution < 1.29 is 14.2 Å². The van der Waals surface area contributed by atoms with Crippen molar-refractivity contribution in [3.8, 4) is 11.5 Å². The molecule has 1 N–H and O–H groups in total. The zero-order valence-corrected chi connectivity index (χ0v) is 12.7. The fourth-order valence-corrected chi connectivity index (χ4v) is 1.76. The minimum absolute atomic E-state index is 0. The van der Waals surface area contributed by atoms with E-state index in [0.29, 0.717) is 0 Å². The first-order valence-electron chi connectivity index (χ1n) is 6.31. The summed E-state index contributed by atoms with van der Waals surface area (Å²) in [6, 6.07) is 5.91. The minimum Gasteiger partial charge on any atom is -0.493 e. The Kier molecular flexibility index (Phi) is 10.4. The average molecular weight is 290 g/mol. The molecule has 19 heavy (non-hydrogen) atoms. The Labute approximate surface area is 121 Å². The van der Waals surface area contributed by atoms with Gasteiger partial charge in [0.2, 0.25) is 0 Å². The van der Waals surface area contributed by atoms with Crippen molar-refractivity contribution in [2.24, 2.45) is 0 Å². The van der Waals surface area contributed by atoms with E-state index in [1.807, 2.05) is 25.1 Å². The van der Waals surface area contributed by atoms with E-state index in [9.17, 15) is 0 Å². The number of methoxy groups -OCH3 is 2. The van der Waals surface area contributed by atoms with Gasteiger partial charge in [-0.2, -0.15) is 0 Å². The van der Waals surface area contributed by atoms with Crippen molar-refractivity contribution in [1.29, 1.82) is 0 Å².